The molecule has 5 heteroatoms. The summed E-state index contributed by atoms with van der Waals surface area (Å²) in [5.41, 5.74) is 1.33. The highest BCUT2D eigenvalue weighted by molar-refractivity contribution is 5.65. The number of halogens is 2. The van der Waals surface area contributed by atoms with E-state index in [1.807, 2.05) is 0 Å². The van der Waals surface area contributed by atoms with Crippen LogP contribution < -0.4 is 9.30 Å². The molecule has 0 atom stereocenters. The monoisotopic (exact) mass is 251 g/mol. The van der Waals surface area contributed by atoms with Crippen LogP contribution in [0.5, 0.6) is 5.88 Å². The van der Waals surface area contributed by atoms with Gasteiger partial charge in [-0.15, -0.1) is 0 Å². The second-order valence-electron chi connectivity index (χ2n) is 3.96. The van der Waals surface area contributed by atoms with Crippen LogP contribution >= 0.6 is 0 Å². The van der Waals surface area contributed by atoms with E-state index >= 15 is 0 Å². The van der Waals surface area contributed by atoms with Crippen molar-refractivity contribution < 1.29 is 18.1 Å². The molecule has 0 aliphatic carbocycles. The van der Waals surface area contributed by atoms with E-state index in [4.69, 9.17) is 4.74 Å². The summed E-state index contributed by atoms with van der Waals surface area (Å²) < 4.78 is 33.8. The summed E-state index contributed by atoms with van der Waals surface area (Å²) in [6.45, 7) is 1.59. The summed E-state index contributed by atoms with van der Waals surface area (Å²) in [5, 5.41) is 0. The minimum absolute atomic E-state index is 0.327. The Labute approximate surface area is 104 Å². The number of hydrogen-bond donors (Lipinski definition) is 0. The number of hydrogen-bond acceptors (Lipinski definition) is 2. The zero-order valence-electron chi connectivity index (χ0n) is 10.4. The lowest BCUT2D eigenvalue weighted by molar-refractivity contribution is -0.661. The van der Waals surface area contributed by atoms with E-state index in [9.17, 15) is 8.78 Å². The first-order chi connectivity index (χ1) is 8.54. The molecule has 0 aliphatic rings. The van der Waals surface area contributed by atoms with E-state index in [1.54, 1.807) is 30.9 Å². The van der Waals surface area contributed by atoms with Gasteiger partial charge < -0.3 is 4.74 Å². The maximum atomic E-state index is 13.6. The minimum Gasteiger partial charge on any atom is -0.476 e. The molecule has 0 bridgehead atoms. The van der Waals surface area contributed by atoms with Gasteiger partial charge in [-0.05, 0) is 18.6 Å². The molecule has 18 heavy (non-hydrogen) atoms. The van der Waals surface area contributed by atoms with Crippen molar-refractivity contribution in [1.29, 1.82) is 0 Å². The fourth-order valence-electron chi connectivity index (χ4n) is 1.83. The van der Waals surface area contributed by atoms with Gasteiger partial charge in [0.05, 0.1) is 18.9 Å². The van der Waals surface area contributed by atoms with E-state index in [0.29, 0.717) is 22.7 Å². The molecular weight excluding hydrogens is 238 g/mol. The molecule has 1 aromatic heterocycles. The average Bonchev–Trinajstić information content (AvgIpc) is 2.33. The lowest BCUT2D eigenvalue weighted by Crippen LogP contribution is -2.31. The van der Waals surface area contributed by atoms with Crippen LogP contribution in [0, 0.1) is 18.6 Å². The van der Waals surface area contributed by atoms with Crippen LogP contribution in [0.2, 0.25) is 0 Å². The molecule has 94 valence electrons. The topological polar surface area (TPSA) is 26.0 Å². The van der Waals surface area contributed by atoms with Crippen LogP contribution in [0.25, 0.3) is 11.3 Å². The number of aromatic nitrogens is 2. The van der Waals surface area contributed by atoms with Gasteiger partial charge in [-0.2, -0.15) is 4.57 Å². The molecule has 0 amide bonds. The minimum atomic E-state index is -0.626. The normalized spacial score (nSPS) is 10.5. The molecular formula is C13H13F2N2O+. The Morgan fingerprint density at radius 3 is 2.67 bits per heavy atom. The van der Waals surface area contributed by atoms with Gasteiger partial charge >= 0.3 is 0 Å². The van der Waals surface area contributed by atoms with Crippen LogP contribution in [-0.4, -0.2) is 12.1 Å². The molecule has 0 aliphatic heterocycles. The molecule has 3 nitrogen and oxygen atoms in total. The average molecular weight is 251 g/mol. The van der Waals surface area contributed by atoms with Crippen molar-refractivity contribution in [1.82, 2.24) is 4.98 Å². The Hall–Kier alpha value is -2.04. The molecule has 0 unspecified atom stereocenters. The highest BCUT2D eigenvalue weighted by Gasteiger charge is 2.22. The summed E-state index contributed by atoms with van der Waals surface area (Å²) in [5.74, 6) is -0.886. The molecule has 0 saturated carbocycles. The van der Waals surface area contributed by atoms with E-state index in [2.05, 4.69) is 4.98 Å². The van der Waals surface area contributed by atoms with Gasteiger partial charge in [0.2, 0.25) is 0 Å². The first-order valence-electron chi connectivity index (χ1n) is 5.39. The molecule has 0 N–H and O–H groups in total. The van der Waals surface area contributed by atoms with Crippen LogP contribution in [0.15, 0.2) is 24.5 Å². The first kappa shape index (κ1) is 12.4. The predicted molar refractivity (Wildman–Crippen MR) is 62.1 cm³/mol. The fraction of sp³-hybridized carbons (Fsp3) is 0.231. The zero-order valence-corrected chi connectivity index (χ0v) is 10.4. The number of ether oxygens (including phenoxy) is 1. The number of aryl methyl sites for hydroxylation is 1. The Bertz CT molecular complexity index is 600. The van der Waals surface area contributed by atoms with Crippen molar-refractivity contribution in [2.24, 2.45) is 7.05 Å². The number of benzene rings is 1. The quantitative estimate of drug-likeness (QED) is 0.764. The van der Waals surface area contributed by atoms with Crippen molar-refractivity contribution in [3.8, 4) is 17.1 Å². The van der Waals surface area contributed by atoms with Crippen molar-refractivity contribution in [3.05, 3.63) is 41.7 Å². The van der Waals surface area contributed by atoms with Crippen molar-refractivity contribution in [3.63, 3.8) is 0 Å². The largest absolute Gasteiger partial charge is 0.476 e. The molecule has 0 spiro atoms. The lowest BCUT2D eigenvalue weighted by Gasteiger charge is -2.08. The molecule has 1 aromatic carbocycles. The second-order valence-corrected chi connectivity index (χ2v) is 3.96. The molecule has 0 radical (unpaired) electrons. The first-order valence-corrected chi connectivity index (χ1v) is 5.39. The van der Waals surface area contributed by atoms with E-state index in [1.165, 1.54) is 13.2 Å². The number of nitrogens with zero attached hydrogens (tertiary/aromatic N) is 2. The SMILES string of the molecule is COc1ncc[n+](C)c1-c1cc(F)cc(F)c1C. The zero-order chi connectivity index (χ0) is 13.3. The van der Waals surface area contributed by atoms with Crippen LogP contribution in [0.1, 0.15) is 5.56 Å². The lowest BCUT2D eigenvalue weighted by atomic mass is 10.0. The third-order valence-electron chi connectivity index (χ3n) is 2.79. The van der Waals surface area contributed by atoms with Crippen LogP contribution in [-0.2, 0) is 7.05 Å². The Morgan fingerprint density at radius 1 is 1.28 bits per heavy atom. The Kier molecular flexibility index (Phi) is 3.23. The van der Waals surface area contributed by atoms with Gasteiger partial charge in [0, 0.05) is 6.07 Å². The third kappa shape index (κ3) is 2.03. The van der Waals surface area contributed by atoms with E-state index in [-0.39, 0.29) is 0 Å². The summed E-state index contributed by atoms with van der Waals surface area (Å²) in [6.07, 6.45) is 3.26. The summed E-state index contributed by atoms with van der Waals surface area (Å²) in [4.78, 5) is 4.05. The molecule has 0 fully saturated rings. The third-order valence-corrected chi connectivity index (χ3v) is 2.79. The van der Waals surface area contributed by atoms with Crippen molar-refractivity contribution in [2.45, 2.75) is 6.92 Å². The van der Waals surface area contributed by atoms with Gasteiger partial charge in [-0.3, -0.25) is 0 Å². The number of rotatable bonds is 2. The van der Waals surface area contributed by atoms with E-state index in [0.717, 1.165) is 6.07 Å². The Balaban J connectivity index is 2.76. The summed E-state index contributed by atoms with van der Waals surface area (Å²) in [7, 11) is 3.23. The van der Waals surface area contributed by atoms with E-state index < -0.39 is 11.6 Å². The Morgan fingerprint density at radius 2 is 2.00 bits per heavy atom. The highest BCUT2D eigenvalue weighted by Crippen LogP contribution is 2.29. The van der Waals surface area contributed by atoms with Gasteiger partial charge in [-0.1, -0.05) is 0 Å². The van der Waals surface area contributed by atoms with Gasteiger partial charge in [-0.25, -0.2) is 13.8 Å². The highest BCUT2D eigenvalue weighted by atomic mass is 19.1. The van der Waals surface area contributed by atoms with Crippen LogP contribution in [0.3, 0.4) is 0 Å². The van der Waals surface area contributed by atoms with Crippen molar-refractivity contribution in [2.75, 3.05) is 7.11 Å². The molecule has 0 saturated heterocycles. The number of methoxy groups -OCH3 is 1. The summed E-state index contributed by atoms with van der Waals surface area (Å²) >= 11 is 0. The van der Waals surface area contributed by atoms with Gasteiger partial charge in [0.1, 0.15) is 18.7 Å². The van der Waals surface area contributed by atoms with Crippen molar-refractivity contribution >= 4 is 0 Å². The predicted octanol–water partition coefficient (Wildman–Crippen LogP) is 2.17. The van der Waals surface area contributed by atoms with Crippen LogP contribution in [0.4, 0.5) is 8.78 Å². The smallest absolute Gasteiger partial charge is 0.288 e. The fourth-order valence-corrected chi connectivity index (χ4v) is 1.83. The second kappa shape index (κ2) is 4.68. The maximum Gasteiger partial charge on any atom is 0.288 e. The maximum absolute atomic E-state index is 13.6. The summed E-state index contributed by atoms with van der Waals surface area (Å²) in [6, 6.07) is 2.14. The molecule has 1 heterocycles. The van der Waals surface area contributed by atoms with Gasteiger partial charge in [0.25, 0.3) is 11.6 Å². The van der Waals surface area contributed by atoms with Gasteiger partial charge in [0.15, 0.2) is 6.20 Å². The molecule has 2 rings (SSSR count). The standard InChI is InChI=1S/C13H13F2N2O/c1-8-10(6-9(14)7-11(8)15)12-13(18-3)16-4-5-17(12)2/h4-7H,1-3H3/q+1. The molecule has 2 aromatic rings.